The molecule has 1 radical (unpaired) electrons. The summed E-state index contributed by atoms with van der Waals surface area (Å²) >= 11 is 0. The van der Waals surface area contributed by atoms with E-state index in [9.17, 15) is 13.2 Å². The Balaban J connectivity index is 0.00000324. The van der Waals surface area contributed by atoms with Crippen molar-refractivity contribution in [1.82, 2.24) is 4.72 Å². The molecule has 0 saturated heterocycles. The summed E-state index contributed by atoms with van der Waals surface area (Å²) < 4.78 is 27.0. The predicted molar refractivity (Wildman–Crippen MR) is 137 cm³/mol. The van der Waals surface area contributed by atoms with Gasteiger partial charge in [-0.05, 0) is 47.0 Å². The van der Waals surface area contributed by atoms with Crippen LogP contribution in [0, 0.1) is 0 Å². The molecule has 0 aliphatic heterocycles. The maximum Gasteiger partial charge on any atom is 0.265 e. The van der Waals surface area contributed by atoms with E-state index < -0.39 is 15.9 Å². The topological polar surface area (TPSA) is 101 Å². The van der Waals surface area contributed by atoms with Crippen LogP contribution in [0.15, 0.2) is 108 Å². The van der Waals surface area contributed by atoms with E-state index in [4.69, 9.17) is 5.73 Å². The SMILES string of the molecule is Nc1ccc(C(=O)NS(=O)(=O)c2ccccc2)cc1NCc1ccc(-c2ccccc2)cc1.[K]. The average molecular weight is 497 g/mol. The fourth-order valence-electron chi connectivity index (χ4n) is 3.33. The summed E-state index contributed by atoms with van der Waals surface area (Å²) in [5.41, 5.74) is 10.6. The third-order valence-corrected chi connectivity index (χ3v) is 6.49. The summed E-state index contributed by atoms with van der Waals surface area (Å²) in [6, 6.07) is 30.6. The van der Waals surface area contributed by atoms with Crippen molar-refractivity contribution >= 4 is 78.7 Å². The fourth-order valence-corrected chi connectivity index (χ4v) is 4.33. The number of hydrogen-bond donors (Lipinski definition) is 3. The van der Waals surface area contributed by atoms with Crippen molar-refractivity contribution in [2.24, 2.45) is 0 Å². The monoisotopic (exact) mass is 496 g/mol. The molecule has 0 aromatic heterocycles. The van der Waals surface area contributed by atoms with Gasteiger partial charge in [0, 0.05) is 63.5 Å². The van der Waals surface area contributed by atoms with E-state index in [1.165, 1.54) is 18.2 Å². The maximum atomic E-state index is 12.6. The Morgan fingerprint density at radius 2 is 1.35 bits per heavy atom. The Morgan fingerprint density at radius 1 is 0.765 bits per heavy atom. The molecule has 6 nitrogen and oxygen atoms in total. The zero-order valence-electron chi connectivity index (χ0n) is 18.7. The fraction of sp³-hybridized carbons (Fsp3) is 0.0385. The van der Waals surface area contributed by atoms with Gasteiger partial charge in [0.25, 0.3) is 15.9 Å². The summed E-state index contributed by atoms with van der Waals surface area (Å²) in [4.78, 5) is 12.6. The van der Waals surface area contributed by atoms with Crippen molar-refractivity contribution in [3.05, 3.63) is 114 Å². The number of amides is 1. The van der Waals surface area contributed by atoms with Gasteiger partial charge in [0.05, 0.1) is 16.3 Å². The van der Waals surface area contributed by atoms with Crippen LogP contribution in [0.5, 0.6) is 0 Å². The molecule has 4 N–H and O–H groups in total. The van der Waals surface area contributed by atoms with Crippen LogP contribution in [-0.2, 0) is 16.6 Å². The van der Waals surface area contributed by atoms with Gasteiger partial charge < -0.3 is 11.1 Å². The molecule has 167 valence electrons. The Labute approximate surface area is 242 Å². The third-order valence-electron chi connectivity index (χ3n) is 5.14. The van der Waals surface area contributed by atoms with Crippen molar-refractivity contribution in [1.29, 1.82) is 0 Å². The predicted octanol–water partition coefficient (Wildman–Crippen LogP) is 4.29. The van der Waals surface area contributed by atoms with E-state index in [2.05, 4.69) is 22.2 Å². The number of anilines is 2. The van der Waals surface area contributed by atoms with E-state index in [0.29, 0.717) is 17.9 Å². The molecule has 0 saturated carbocycles. The second kappa shape index (κ2) is 11.8. The molecule has 0 aliphatic rings. The molecule has 0 unspecified atom stereocenters. The Bertz CT molecular complexity index is 1360. The molecule has 0 aliphatic carbocycles. The van der Waals surface area contributed by atoms with Crippen molar-refractivity contribution in [3.63, 3.8) is 0 Å². The van der Waals surface area contributed by atoms with Crippen LogP contribution in [0.2, 0.25) is 0 Å². The van der Waals surface area contributed by atoms with Crippen LogP contribution in [0.25, 0.3) is 11.1 Å². The molecular weight excluding hydrogens is 473 g/mol. The summed E-state index contributed by atoms with van der Waals surface area (Å²) in [6.07, 6.45) is 0. The van der Waals surface area contributed by atoms with Crippen LogP contribution in [-0.4, -0.2) is 65.7 Å². The minimum Gasteiger partial charge on any atom is -0.397 e. The third kappa shape index (κ3) is 6.56. The zero-order chi connectivity index (χ0) is 23.3. The molecule has 4 aromatic carbocycles. The molecule has 0 atom stereocenters. The van der Waals surface area contributed by atoms with Crippen molar-refractivity contribution in [3.8, 4) is 11.1 Å². The maximum absolute atomic E-state index is 12.6. The number of nitrogens with one attached hydrogen (secondary N) is 2. The van der Waals surface area contributed by atoms with Gasteiger partial charge in [0.1, 0.15) is 0 Å². The summed E-state index contributed by atoms with van der Waals surface area (Å²) in [6.45, 7) is 0.493. The number of nitrogens with two attached hydrogens (primary N) is 1. The largest absolute Gasteiger partial charge is 0.397 e. The van der Waals surface area contributed by atoms with E-state index in [1.54, 1.807) is 30.3 Å². The first-order chi connectivity index (χ1) is 15.9. The molecule has 4 aromatic rings. The van der Waals surface area contributed by atoms with E-state index >= 15 is 0 Å². The van der Waals surface area contributed by atoms with Crippen molar-refractivity contribution < 1.29 is 13.2 Å². The van der Waals surface area contributed by atoms with Crippen LogP contribution < -0.4 is 15.8 Å². The standard InChI is InChI=1S/C26H23N3O3S.K/c27-24-16-15-22(26(30)29-33(31,32)23-9-5-2-6-10-23)17-25(24)28-18-19-11-13-21(14-12-19)20-7-3-1-4-8-20;/h1-17,28H,18,27H2,(H,29,30);. The number of sulfonamides is 1. The molecule has 4 rings (SSSR count). The zero-order valence-corrected chi connectivity index (χ0v) is 22.7. The van der Waals surface area contributed by atoms with Crippen LogP contribution in [0.3, 0.4) is 0 Å². The van der Waals surface area contributed by atoms with Gasteiger partial charge in [0.2, 0.25) is 0 Å². The van der Waals surface area contributed by atoms with Gasteiger partial charge in [0.15, 0.2) is 0 Å². The second-order valence-electron chi connectivity index (χ2n) is 7.47. The van der Waals surface area contributed by atoms with Gasteiger partial charge in [-0.15, -0.1) is 0 Å². The minimum atomic E-state index is -3.96. The number of hydrogen-bond acceptors (Lipinski definition) is 5. The first-order valence-corrected chi connectivity index (χ1v) is 11.8. The molecule has 8 heteroatoms. The number of carbonyl (C=O) groups is 1. The minimum absolute atomic E-state index is 0. The number of carbonyl (C=O) groups excluding carboxylic acids is 1. The molecule has 0 heterocycles. The van der Waals surface area contributed by atoms with Crippen LogP contribution >= 0.6 is 0 Å². The van der Waals surface area contributed by atoms with Gasteiger partial charge in [-0.1, -0.05) is 72.8 Å². The van der Waals surface area contributed by atoms with Gasteiger partial charge >= 0.3 is 0 Å². The molecule has 0 bridgehead atoms. The van der Waals surface area contributed by atoms with Gasteiger partial charge in [-0.25, -0.2) is 13.1 Å². The normalized spacial score (nSPS) is 10.7. The van der Waals surface area contributed by atoms with Gasteiger partial charge in [-0.2, -0.15) is 0 Å². The average Bonchev–Trinajstić information content (AvgIpc) is 2.84. The first kappa shape index (κ1) is 26.1. The quantitative estimate of drug-likeness (QED) is 0.262. The van der Waals surface area contributed by atoms with E-state index in [1.807, 2.05) is 42.5 Å². The van der Waals surface area contributed by atoms with E-state index in [0.717, 1.165) is 16.7 Å². The smallest absolute Gasteiger partial charge is 0.265 e. The van der Waals surface area contributed by atoms with Crippen LogP contribution in [0.1, 0.15) is 15.9 Å². The Hall–Kier alpha value is -2.46. The molecule has 34 heavy (non-hydrogen) atoms. The molecule has 0 spiro atoms. The Morgan fingerprint density at radius 3 is 2.00 bits per heavy atom. The summed E-state index contributed by atoms with van der Waals surface area (Å²) in [5.74, 6) is -0.728. The summed E-state index contributed by atoms with van der Waals surface area (Å²) in [5, 5.41) is 3.22. The second-order valence-corrected chi connectivity index (χ2v) is 9.15. The summed E-state index contributed by atoms with van der Waals surface area (Å²) in [7, 11) is -3.96. The molecule has 0 fully saturated rings. The van der Waals surface area contributed by atoms with Crippen molar-refractivity contribution in [2.75, 3.05) is 11.1 Å². The van der Waals surface area contributed by atoms with Crippen molar-refractivity contribution in [2.45, 2.75) is 11.4 Å². The van der Waals surface area contributed by atoms with Crippen LogP contribution in [0.4, 0.5) is 11.4 Å². The van der Waals surface area contributed by atoms with Gasteiger partial charge in [-0.3, -0.25) is 4.79 Å². The molecule has 1 amide bonds. The number of benzene rings is 4. The Kier molecular flexibility index (Phi) is 9.07. The van der Waals surface area contributed by atoms with E-state index in [-0.39, 0.29) is 61.8 Å². The first-order valence-electron chi connectivity index (χ1n) is 10.3. The molecular formula is C26H23KN3O3S. The number of nitrogen functional groups attached to an aromatic ring is 1. The number of rotatable bonds is 7.